The minimum atomic E-state index is 0.275. The molecule has 36 heavy (non-hydrogen) atoms. The molecule has 1 aliphatic carbocycles. The van der Waals surface area contributed by atoms with E-state index in [-0.39, 0.29) is 12.2 Å². The third-order valence-corrected chi connectivity index (χ3v) is 7.51. The van der Waals surface area contributed by atoms with Crippen molar-refractivity contribution in [2.45, 2.75) is 71.0 Å². The van der Waals surface area contributed by atoms with Crippen molar-refractivity contribution in [3.05, 3.63) is 71.3 Å². The number of rotatable bonds is 14. The number of benzene rings is 2. The van der Waals surface area contributed by atoms with Gasteiger partial charge in [-0.25, -0.2) is 0 Å². The molecule has 2 aromatic carbocycles. The van der Waals surface area contributed by atoms with Crippen LogP contribution in [0.25, 0.3) is 11.1 Å². The highest BCUT2D eigenvalue weighted by molar-refractivity contribution is 5.78. The summed E-state index contributed by atoms with van der Waals surface area (Å²) in [5.41, 5.74) is 6.73. The molecule has 0 spiro atoms. The second-order valence-corrected chi connectivity index (χ2v) is 10.4. The van der Waals surface area contributed by atoms with Gasteiger partial charge in [0.25, 0.3) is 0 Å². The molecule has 0 amide bonds. The van der Waals surface area contributed by atoms with E-state index in [1.54, 1.807) is 0 Å². The van der Waals surface area contributed by atoms with Crippen LogP contribution in [0.15, 0.2) is 54.6 Å². The molecule has 0 bridgehead atoms. The highest BCUT2D eigenvalue weighted by atomic mass is 16.6. The van der Waals surface area contributed by atoms with Crippen molar-refractivity contribution in [1.29, 1.82) is 0 Å². The number of ether oxygens (including phenoxy) is 4. The average molecular weight is 489 g/mol. The van der Waals surface area contributed by atoms with Crippen LogP contribution in [0, 0.1) is 5.92 Å². The summed E-state index contributed by atoms with van der Waals surface area (Å²) in [7, 11) is 0. The van der Waals surface area contributed by atoms with E-state index in [9.17, 15) is 0 Å². The maximum absolute atomic E-state index is 6.20. The highest BCUT2D eigenvalue weighted by Crippen LogP contribution is 2.35. The molecule has 0 radical (unpaired) electrons. The van der Waals surface area contributed by atoms with E-state index in [0.29, 0.717) is 19.1 Å². The fourth-order valence-corrected chi connectivity index (χ4v) is 4.90. The standard InChI is InChI=1S/C32H40O4/c1-3-5-6-23(4-2)17-28-18-27(13-16-32(28)36-22-31-21-35-31)26-9-7-24(8-10-26)25-11-14-29(15-12-25)33-19-30-20-34-30/h7,10-16,18,23,30-31H,3-6,8-9,17,19-22H2,1-2H3. The Labute approximate surface area is 216 Å². The molecule has 0 N–H and O–H groups in total. The predicted molar refractivity (Wildman–Crippen MR) is 146 cm³/mol. The lowest BCUT2D eigenvalue weighted by Crippen LogP contribution is -2.09. The van der Waals surface area contributed by atoms with Crippen molar-refractivity contribution < 1.29 is 18.9 Å². The maximum Gasteiger partial charge on any atom is 0.122 e. The molecular formula is C32H40O4. The Hall–Kier alpha value is -2.56. The first-order valence-electron chi connectivity index (χ1n) is 13.8. The summed E-state index contributed by atoms with van der Waals surface area (Å²) >= 11 is 0. The van der Waals surface area contributed by atoms with Crippen LogP contribution in [0.5, 0.6) is 11.5 Å². The van der Waals surface area contributed by atoms with Crippen LogP contribution in [0.3, 0.4) is 0 Å². The van der Waals surface area contributed by atoms with Crippen molar-refractivity contribution >= 4 is 11.1 Å². The van der Waals surface area contributed by atoms with Crippen LogP contribution in [0.1, 0.15) is 69.1 Å². The van der Waals surface area contributed by atoms with Gasteiger partial charge in [-0.15, -0.1) is 0 Å². The molecule has 2 aliphatic heterocycles. The Balaban J connectivity index is 1.25. The molecule has 3 aliphatic rings. The highest BCUT2D eigenvalue weighted by Gasteiger charge is 2.24. The van der Waals surface area contributed by atoms with Gasteiger partial charge in [-0.1, -0.05) is 69.9 Å². The Bertz CT molecular complexity index is 1060. The second kappa shape index (κ2) is 12.1. The van der Waals surface area contributed by atoms with Gasteiger partial charge >= 0.3 is 0 Å². The summed E-state index contributed by atoms with van der Waals surface area (Å²) in [6, 6.07) is 15.3. The topological polar surface area (TPSA) is 43.5 Å². The molecule has 2 saturated heterocycles. The van der Waals surface area contributed by atoms with E-state index in [0.717, 1.165) is 44.0 Å². The lowest BCUT2D eigenvalue weighted by Gasteiger charge is -2.20. The average Bonchev–Trinajstić information content (AvgIpc) is 3.85. The molecule has 3 unspecified atom stereocenters. The third-order valence-electron chi connectivity index (χ3n) is 7.51. The van der Waals surface area contributed by atoms with Crippen LogP contribution in [0.2, 0.25) is 0 Å². The molecule has 0 aromatic heterocycles. The van der Waals surface area contributed by atoms with Gasteiger partial charge in [0.1, 0.15) is 36.9 Å². The predicted octanol–water partition coefficient (Wildman–Crippen LogP) is 7.26. The van der Waals surface area contributed by atoms with Crippen LogP contribution in [-0.2, 0) is 15.9 Å². The Morgan fingerprint density at radius 2 is 1.47 bits per heavy atom. The normalized spacial score (nSPS) is 21.4. The fraction of sp³-hybridized carbons (Fsp3) is 0.500. The lowest BCUT2D eigenvalue weighted by molar-refractivity contribution is 0.260. The molecule has 2 aromatic rings. The number of hydrogen-bond donors (Lipinski definition) is 0. The minimum Gasteiger partial charge on any atom is -0.491 e. The van der Waals surface area contributed by atoms with Crippen molar-refractivity contribution in [1.82, 2.24) is 0 Å². The van der Waals surface area contributed by atoms with E-state index >= 15 is 0 Å². The first-order chi connectivity index (χ1) is 17.7. The summed E-state index contributed by atoms with van der Waals surface area (Å²) in [5, 5.41) is 0. The lowest BCUT2D eigenvalue weighted by atomic mass is 9.87. The molecule has 4 heteroatoms. The van der Waals surface area contributed by atoms with Crippen LogP contribution in [-0.4, -0.2) is 38.6 Å². The fourth-order valence-electron chi connectivity index (χ4n) is 4.90. The third kappa shape index (κ3) is 7.02. The molecule has 4 nitrogen and oxygen atoms in total. The zero-order valence-corrected chi connectivity index (χ0v) is 21.8. The largest absolute Gasteiger partial charge is 0.491 e. The Kier molecular flexibility index (Phi) is 8.45. The molecule has 3 atom stereocenters. The number of unbranched alkanes of at least 4 members (excludes halogenated alkanes) is 1. The smallest absolute Gasteiger partial charge is 0.122 e. The minimum absolute atomic E-state index is 0.275. The van der Waals surface area contributed by atoms with E-state index < -0.39 is 0 Å². The van der Waals surface area contributed by atoms with Crippen molar-refractivity contribution in [2.24, 2.45) is 5.92 Å². The zero-order chi connectivity index (χ0) is 24.7. The van der Waals surface area contributed by atoms with Gasteiger partial charge in [0.2, 0.25) is 0 Å². The van der Waals surface area contributed by atoms with Gasteiger partial charge in [0.15, 0.2) is 0 Å². The molecule has 2 heterocycles. The maximum atomic E-state index is 6.20. The van der Waals surface area contributed by atoms with E-state index in [4.69, 9.17) is 18.9 Å². The Morgan fingerprint density at radius 3 is 2.08 bits per heavy atom. The quantitative estimate of drug-likeness (QED) is 0.263. The molecule has 192 valence electrons. The number of hydrogen-bond acceptors (Lipinski definition) is 4. The monoisotopic (exact) mass is 488 g/mol. The first kappa shape index (κ1) is 25.1. The van der Waals surface area contributed by atoms with Crippen LogP contribution < -0.4 is 9.47 Å². The second-order valence-electron chi connectivity index (χ2n) is 10.4. The Morgan fingerprint density at radius 1 is 0.833 bits per heavy atom. The summed E-state index contributed by atoms with van der Waals surface area (Å²) in [5.74, 6) is 2.65. The summed E-state index contributed by atoms with van der Waals surface area (Å²) in [6.07, 6.45) is 13.4. The molecular weight excluding hydrogens is 448 g/mol. The van der Waals surface area contributed by atoms with Gasteiger partial charge in [0.05, 0.1) is 13.2 Å². The van der Waals surface area contributed by atoms with Gasteiger partial charge in [-0.2, -0.15) is 0 Å². The SMILES string of the molecule is CCCCC(CC)Cc1cc(C2=CCC(c3ccc(OCC4CO4)cc3)=CC2)ccc1OCC1CO1. The molecule has 0 saturated carbocycles. The zero-order valence-electron chi connectivity index (χ0n) is 21.8. The molecule has 2 fully saturated rings. The summed E-state index contributed by atoms with van der Waals surface area (Å²) < 4.78 is 22.6. The summed E-state index contributed by atoms with van der Waals surface area (Å²) in [6.45, 7) is 7.55. The van der Waals surface area contributed by atoms with Crippen molar-refractivity contribution in [2.75, 3.05) is 26.4 Å². The number of allylic oxidation sites excluding steroid dienone is 4. The van der Waals surface area contributed by atoms with Gasteiger partial charge < -0.3 is 18.9 Å². The van der Waals surface area contributed by atoms with Crippen molar-refractivity contribution in [3.8, 4) is 11.5 Å². The van der Waals surface area contributed by atoms with Gasteiger partial charge in [-0.05, 0) is 77.3 Å². The van der Waals surface area contributed by atoms with Crippen LogP contribution >= 0.6 is 0 Å². The molecule has 5 rings (SSSR count). The van der Waals surface area contributed by atoms with Crippen molar-refractivity contribution in [3.63, 3.8) is 0 Å². The summed E-state index contributed by atoms with van der Waals surface area (Å²) in [4.78, 5) is 0. The van der Waals surface area contributed by atoms with Gasteiger partial charge in [-0.3, -0.25) is 0 Å². The van der Waals surface area contributed by atoms with E-state index in [2.05, 4.69) is 68.5 Å². The van der Waals surface area contributed by atoms with E-state index in [1.807, 2.05) is 0 Å². The van der Waals surface area contributed by atoms with E-state index in [1.165, 1.54) is 53.5 Å². The van der Waals surface area contributed by atoms with Crippen LogP contribution in [0.4, 0.5) is 0 Å². The van der Waals surface area contributed by atoms with Gasteiger partial charge in [0, 0.05) is 0 Å². The first-order valence-corrected chi connectivity index (χ1v) is 13.8. The number of epoxide rings is 2.